The first kappa shape index (κ1) is 9.18. The Morgan fingerprint density at radius 2 is 2.23 bits per heavy atom. The summed E-state index contributed by atoms with van der Waals surface area (Å²) in [5.74, 6) is 0. The fourth-order valence-electron chi connectivity index (χ4n) is 0.964. The minimum absolute atomic E-state index is 0.00634. The Morgan fingerprint density at radius 3 is 2.77 bits per heavy atom. The Bertz CT molecular complexity index is 349. The van der Waals surface area contributed by atoms with Crippen LogP contribution in [-0.2, 0) is 4.79 Å². The monoisotopic (exact) mass is 180 g/mol. The van der Waals surface area contributed by atoms with Gasteiger partial charge in [-0.1, -0.05) is 6.07 Å². The lowest BCUT2D eigenvalue weighted by Crippen LogP contribution is -1.97. The molecule has 0 aliphatic rings. The van der Waals surface area contributed by atoms with E-state index in [9.17, 15) is 14.9 Å². The van der Waals surface area contributed by atoms with Crippen LogP contribution in [0.25, 0.3) is 0 Å². The van der Waals surface area contributed by atoms with Crippen LogP contribution in [0.5, 0.6) is 0 Å². The van der Waals surface area contributed by atoms with E-state index in [0.717, 1.165) is 0 Å². The number of benzene rings is 1. The normalized spacial score (nSPS) is 9.31. The average molecular weight is 180 g/mol. The van der Waals surface area contributed by atoms with Crippen molar-refractivity contribution in [1.82, 2.24) is 0 Å². The summed E-state index contributed by atoms with van der Waals surface area (Å²) in [6, 6.07) is 4.52. The maximum atomic E-state index is 10.5. The largest absolute Gasteiger partial charge is 0.328 e. The van der Waals surface area contributed by atoms with Crippen molar-refractivity contribution >= 4 is 17.8 Å². The lowest BCUT2D eigenvalue weighted by Gasteiger charge is -2.00. The van der Waals surface area contributed by atoms with E-state index in [2.05, 4.69) is 5.32 Å². The molecule has 1 aromatic rings. The molecule has 1 rings (SSSR count). The molecule has 0 unspecified atom stereocenters. The van der Waals surface area contributed by atoms with Crippen LogP contribution in [0, 0.1) is 17.0 Å². The summed E-state index contributed by atoms with van der Waals surface area (Å²) < 4.78 is 0. The van der Waals surface area contributed by atoms with Crippen molar-refractivity contribution in [3.05, 3.63) is 33.9 Å². The minimum atomic E-state index is -0.481. The summed E-state index contributed by atoms with van der Waals surface area (Å²) in [7, 11) is 0. The van der Waals surface area contributed by atoms with Gasteiger partial charge >= 0.3 is 0 Å². The molecule has 0 saturated carbocycles. The molecule has 68 valence electrons. The van der Waals surface area contributed by atoms with Crippen LogP contribution < -0.4 is 5.32 Å². The van der Waals surface area contributed by atoms with E-state index < -0.39 is 4.92 Å². The molecule has 0 aromatic heterocycles. The summed E-state index contributed by atoms with van der Waals surface area (Å²) in [5, 5.41) is 12.8. The highest BCUT2D eigenvalue weighted by atomic mass is 16.6. The van der Waals surface area contributed by atoms with Gasteiger partial charge in [-0.2, -0.15) is 0 Å². The average Bonchev–Trinajstić information content (AvgIpc) is 2.08. The Labute approximate surface area is 74.5 Å². The molecule has 1 aromatic carbocycles. The molecule has 0 saturated heterocycles. The molecule has 5 nitrogen and oxygen atoms in total. The smallest absolute Gasteiger partial charge is 0.274 e. The van der Waals surface area contributed by atoms with Crippen molar-refractivity contribution in [2.45, 2.75) is 6.92 Å². The van der Waals surface area contributed by atoms with E-state index in [4.69, 9.17) is 0 Å². The van der Waals surface area contributed by atoms with E-state index in [-0.39, 0.29) is 5.69 Å². The summed E-state index contributed by atoms with van der Waals surface area (Å²) in [4.78, 5) is 20.0. The molecular formula is C8H8N2O3. The molecule has 1 N–H and O–H groups in total. The minimum Gasteiger partial charge on any atom is -0.328 e. The SMILES string of the molecule is Cc1ccc(NC=O)cc1[N+](=O)[O-]. The number of nitrogens with zero attached hydrogens (tertiary/aromatic N) is 1. The van der Waals surface area contributed by atoms with Gasteiger partial charge in [-0.25, -0.2) is 0 Å². The first-order valence-electron chi connectivity index (χ1n) is 3.60. The Balaban J connectivity index is 3.10. The molecule has 5 heteroatoms. The van der Waals surface area contributed by atoms with Crippen molar-refractivity contribution < 1.29 is 9.72 Å². The highest BCUT2D eigenvalue weighted by Gasteiger charge is 2.10. The van der Waals surface area contributed by atoms with Gasteiger partial charge in [-0.05, 0) is 13.0 Å². The van der Waals surface area contributed by atoms with E-state index >= 15 is 0 Å². The van der Waals surface area contributed by atoms with Gasteiger partial charge in [0.1, 0.15) is 0 Å². The molecular weight excluding hydrogens is 172 g/mol. The highest BCUT2D eigenvalue weighted by Crippen LogP contribution is 2.21. The standard InChI is InChI=1S/C8H8N2O3/c1-6-2-3-7(9-5-11)4-8(6)10(12)13/h2-5H,1H3,(H,9,11). The number of nitrogens with one attached hydrogen (secondary N) is 1. The predicted molar refractivity (Wildman–Crippen MR) is 47.5 cm³/mol. The maximum absolute atomic E-state index is 10.5. The van der Waals surface area contributed by atoms with Gasteiger partial charge in [-0.3, -0.25) is 14.9 Å². The molecule has 0 fully saturated rings. The van der Waals surface area contributed by atoms with Crippen molar-refractivity contribution in [1.29, 1.82) is 0 Å². The third kappa shape index (κ3) is 2.02. The summed E-state index contributed by atoms with van der Waals surface area (Å²) >= 11 is 0. The highest BCUT2D eigenvalue weighted by molar-refractivity contribution is 5.72. The Kier molecular flexibility index (Phi) is 2.59. The van der Waals surface area contributed by atoms with Crippen molar-refractivity contribution in [2.75, 3.05) is 5.32 Å². The predicted octanol–water partition coefficient (Wildman–Crippen LogP) is 1.47. The van der Waals surface area contributed by atoms with Gasteiger partial charge in [0.25, 0.3) is 5.69 Å². The molecule has 0 aliphatic carbocycles. The van der Waals surface area contributed by atoms with E-state index in [1.165, 1.54) is 6.07 Å². The lowest BCUT2D eigenvalue weighted by molar-refractivity contribution is -0.385. The molecule has 0 aliphatic heterocycles. The molecule has 0 atom stereocenters. The third-order valence-corrected chi connectivity index (χ3v) is 1.63. The van der Waals surface area contributed by atoms with Crippen molar-refractivity contribution in [3.8, 4) is 0 Å². The van der Waals surface area contributed by atoms with Crippen LogP contribution in [0.4, 0.5) is 11.4 Å². The van der Waals surface area contributed by atoms with E-state index in [1.807, 2.05) is 0 Å². The number of carbonyl (C=O) groups is 1. The summed E-state index contributed by atoms with van der Waals surface area (Å²) in [6.45, 7) is 1.64. The van der Waals surface area contributed by atoms with Gasteiger partial charge in [-0.15, -0.1) is 0 Å². The molecule has 0 radical (unpaired) electrons. The number of hydrogen-bond donors (Lipinski definition) is 1. The second kappa shape index (κ2) is 3.66. The Hall–Kier alpha value is -1.91. The summed E-state index contributed by atoms with van der Waals surface area (Å²) in [6.07, 6.45) is 0.481. The van der Waals surface area contributed by atoms with Crippen LogP contribution in [-0.4, -0.2) is 11.3 Å². The number of rotatable bonds is 3. The zero-order chi connectivity index (χ0) is 9.84. The van der Waals surface area contributed by atoms with Crippen LogP contribution in [0.2, 0.25) is 0 Å². The van der Waals surface area contributed by atoms with Crippen LogP contribution >= 0.6 is 0 Å². The molecule has 1 amide bonds. The van der Waals surface area contributed by atoms with Gasteiger partial charge in [0.15, 0.2) is 0 Å². The number of nitro benzene ring substituents is 1. The number of carbonyl (C=O) groups excluding carboxylic acids is 1. The van der Waals surface area contributed by atoms with E-state index in [1.54, 1.807) is 19.1 Å². The second-order valence-electron chi connectivity index (χ2n) is 2.52. The lowest BCUT2D eigenvalue weighted by atomic mass is 10.2. The maximum Gasteiger partial charge on any atom is 0.274 e. The summed E-state index contributed by atoms with van der Waals surface area (Å²) in [5.41, 5.74) is 1.00. The van der Waals surface area contributed by atoms with Crippen LogP contribution in [0.1, 0.15) is 5.56 Å². The van der Waals surface area contributed by atoms with E-state index in [0.29, 0.717) is 17.7 Å². The van der Waals surface area contributed by atoms with Crippen molar-refractivity contribution in [3.63, 3.8) is 0 Å². The van der Waals surface area contributed by atoms with Gasteiger partial charge in [0, 0.05) is 17.3 Å². The fourth-order valence-corrected chi connectivity index (χ4v) is 0.964. The zero-order valence-electron chi connectivity index (χ0n) is 6.98. The molecule has 13 heavy (non-hydrogen) atoms. The van der Waals surface area contributed by atoms with Crippen LogP contribution in [0.15, 0.2) is 18.2 Å². The quantitative estimate of drug-likeness (QED) is 0.435. The van der Waals surface area contributed by atoms with Crippen molar-refractivity contribution in [2.24, 2.45) is 0 Å². The van der Waals surface area contributed by atoms with Gasteiger partial charge in [0.2, 0.25) is 6.41 Å². The molecule has 0 bridgehead atoms. The Morgan fingerprint density at radius 1 is 1.54 bits per heavy atom. The van der Waals surface area contributed by atoms with Gasteiger partial charge < -0.3 is 5.32 Å². The number of anilines is 1. The number of hydrogen-bond acceptors (Lipinski definition) is 3. The van der Waals surface area contributed by atoms with Gasteiger partial charge in [0.05, 0.1) is 4.92 Å². The number of amides is 1. The topological polar surface area (TPSA) is 72.2 Å². The number of aryl methyl sites for hydroxylation is 1. The molecule has 0 heterocycles. The number of nitro groups is 1. The fraction of sp³-hybridized carbons (Fsp3) is 0.125. The second-order valence-corrected chi connectivity index (χ2v) is 2.52. The first-order valence-corrected chi connectivity index (χ1v) is 3.60. The zero-order valence-corrected chi connectivity index (χ0v) is 6.98. The van der Waals surface area contributed by atoms with Crippen LogP contribution in [0.3, 0.4) is 0 Å². The molecule has 0 spiro atoms. The third-order valence-electron chi connectivity index (χ3n) is 1.63. The first-order chi connectivity index (χ1) is 6.15.